The smallest absolute Gasteiger partial charge is 0.220 e. The van der Waals surface area contributed by atoms with Gasteiger partial charge in [0.2, 0.25) is 0 Å². The van der Waals surface area contributed by atoms with E-state index < -0.39 is 6.08 Å². The molecular formula is C7H3ClFIN4. The zero-order valence-electron chi connectivity index (χ0n) is 6.65. The maximum Gasteiger partial charge on any atom is 0.310 e. The molecule has 0 amide bonds. The first-order valence-electron chi connectivity index (χ1n) is 3.55. The molecule has 0 unspecified atom stereocenters. The standard InChI is InChI=1S/C7H3ClFIN4/c8-5-2-11-7(9)13-6(5)14-3-4(10)1-12-14/h1-3H. The molecule has 0 fully saturated rings. The van der Waals surface area contributed by atoms with Crippen LogP contribution in [0.1, 0.15) is 0 Å². The van der Waals surface area contributed by atoms with Crippen molar-refractivity contribution in [1.82, 2.24) is 19.7 Å². The number of halogens is 3. The van der Waals surface area contributed by atoms with Gasteiger partial charge in [0.05, 0.1) is 16.0 Å². The molecule has 2 rings (SSSR count). The van der Waals surface area contributed by atoms with E-state index in [2.05, 4.69) is 37.7 Å². The Balaban J connectivity index is 2.55. The van der Waals surface area contributed by atoms with Gasteiger partial charge in [0.25, 0.3) is 0 Å². The van der Waals surface area contributed by atoms with Crippen LogP contribution in [0.3, 0.4) is 0 Å². The third-order valence-electron chi connectivity index (χ3n) is 1.46. The Hall–Kier alpha value is -0.760. The Labute approximate surface area is 97.3 Å². The first kappa shape index (κ1) is 9.78. The van der Waals surface area contributed by atoms with Crippen molar-refractivity contribution in [3.63, 3.8) is 0 Å². The van der Waals surface area contributed by atoms with Crippen LogP contribution in [0.15, 0.2) is 18.6 Å². The average molecular weight is 324 g/mol. The predicted molar refractivity (Wildman–Crippen MR) is 56.8 cm³/mol. The molecule has 0 aliphatic heterocycles. The van der Waals surface area contributed by atoms with Crippen LogP contribution in [0.5, 0.6) is 0 Å². The van der Waals surface area contributed by atoms with Gasteiger partial charge in [0, 0.05) is 6.20 Å². The summed E-state index contributed by atoms with van der Waals surface area (Å²) in [5.74, 6) is 0.238. The normalized spacial score (nSPS) is 10.5. The van der Waals surface area contributed by atoms with Gasteiger partial charge in [0.1, 0.15) is 5.02 Å². The maximum absolute atomic E-state index is 12.7. The van der Waals surface area contributed by atoms with E-state index in [4.69, 9.17) is 11.6 Å². The summed E-state index contributed by atoms with van der Waals surface area (Å²) in [5.41, 5.74) is 0. The predicted octanol–water partition coefficient (Wildman–Crippen LogP) is 2.06. The van der Waals surface area contributed by atoms with Crippen molar-refractivity contribution in [3.8, 4) is 5.82 Å². The monoisotopic (exact) mass is 324 g/mol. The molecule has 0 N–H and O–H groups in total. The molecule has 0 saturated heterocycles. The number of rotatable bonds is 1. The van der Waals surface area contributed by atoms with Crippen LogP contribution < -0.4 is 0 Å². The molecule has 2 aromatic heterocycles. The molecular weight excluding hydrogens is 321 g/mol. The molecule has 4 nitrogen and oxygen atoms in total. The number of aromatic nitrogens is 4. The van der Waals surface area contributed by atoms with Gasteiger partial charge in [-0.3, -0.25) is 0 Å². The third kappa shape index (κ3) is 1.85. The van der Waals surface area contributed by atoms with Crippen LogP contribution in [0.4, 0.5) is 4.39 Å². The average Bonchev–Trinajstić information content (AvgIpc) is 2.56. The van der Waals surface area contributed by atoms with E-state index in [9.17, 15) is 4.39 Å². The van der Waals surface area contributed by atoms with Crippen molar-refractivity contribution in [2.45, 2.75) is 0 Å². The fourth-order valence-electron chi connectivity index (χ4n) is 0.915. The second kappa shape index (κ2) is 3.77. The van der Waals surface area contributed by atoms with Gasteiger partial charge < -0.3 is 0 Å². The van der Waals surface area contributed by atoms with Gasteiger partial charge in [-0.15, -0.1) is 0 Å². The van der Waals surface area contributed by atoms with Gasteiger partial charge >= 0.3 is 6.08 Å². The molecule has 0 bridgehead atoms. The second-order valence-electron chi connectivity index (χ2n) is 2.41. The molecule has 7 heteroatoms. The molecule has 0 saturated carbocycles. The van der Waals surface area contributed by atoms with Crippen molar-refractivity contribution in [2.24, 2.45) is 0 Å². The molecule has 14 heavy (non-hydrogen) atoms. The van der Waals surface area contributed by atoms with Crippen LogP contribution in [0, 0.1) is 9.65 Å². The third-order valence-corrected chi connectivity index (χ3v) is 2.29. The highest BCUT2D eigenvalue weighted by molar-refractivity contribution is 14.1. The summed E-state index contributed by atoms with van der Waals surface area (Å²) in [4.78, 5) is 6.86. The lowest BCUT2D eigenvalue weighted by Gasteiger charge is -2.01. The van der Waals surface area contributed by atoms with Gasteiger partial charge in [-0.05, 0) is 22.6 Å². The minimum atomic E-state index is -0.824. The second-order valence-corrected chi connectivity index (χ2v) is 4.07. The van der Waals surface area contributed by atoms with E-state index in [0.717, 1.165) is 3.57 Å². The summed E-state index contributed by atoms with van der Waals surface area (Å²) in [7, 11) is 0. The Morgan fingerprint density at radius 3 is 2.86 bits per heavy atom. The first-order valence-corrected chi connectivity index (χ1v) is 5.01. The highest BCUT2D eigenvalue weighted by atomic mass is 127. The van der Waals surface area contributed by atoms with Crippen molar-refractivity contribution in [3.05, 3.63) is 33.3 Å². The number of hydrogen-bond acceptors (Lipinski definition) is 3. The molecule has 0 aliphatic carbocycles. The van der Waals surface area contributed by atoms with Gasteiger partial charge in [-0.2, -0.15) is 14.5 Å². The molecule has 72 valence electrons. The van der Waals surface area contributed by atoms with Crippen molar-refractivity contribution in [1.29, 1.82) is 0 Å². The minimum Gasteiger partial charge on any atom is -0.220 e. The van der Waals surface area contributed by atoms with E-state index in [-0.39, 0.29) is 10.8 Å². The Kier molecular flexibility index (Phi) is 2.64. The van der Waals surface area contributed by atoms with E-state index in [1.165, 1.54) is 10.9 Å². The fourth-order valence-corrected chi connectivity index (χ4v) is 1.48. The van der Waals surface area contributed by atoms with Crippen LogP contribution in [-0.4, -0.2) is 19.7 Å². The fraction of sp³-hybridized carbons (Fsp3) is 0. The molecule has 0 spiro atoms. The summed E-state index contributed by atoms with van der Waals surface area (Å²) >= 11 is 7.87. The van der Waals surface area contributed by atoms with E-state index in [1.54, 1.807) is 12.4 Å². The summed E-state index contributed by atoms with van der Waals surface area (Å²) in [6.45, 7) is 0. The van der Waals surface area contributed by atoms with E-state index in [1.807, 2.05) is 0 Å². The van der Waals surface area contributed by atoms with Crippen molar-refractivity contribution < 1.29 is 4.39 Å². The zero-order valence-corrected chi connectivity index (χ0v) is 9.57. The Morgan fingerprint density at radius 2 is 2.21 bits per heavy atom. The zero-order chi connectivity index (χ0) is 10.1. The summed E-state index contributed by atoms with van der Waals surface area (Å²) in [6, 6.07) is 0. The topological polar surface area (TPSA) is 43.6 Å². The highest BCUT2D eigenvalue weighted by Crippen LogP contribution is 2.16. The lowest BCUT2D eigenvalue weighted by molar-refractivity contribution is 0.533. The lowest BCUT2D eigenvalue weighted by atomic mass is 10.6. The van der Waals surface area contributed by atoms with E-state index >= 15 is 0 Å². The molecule has 0 radical (unpaired) electrons. The quantitative estimate of drug-likeness (QED) is 0.596. The van der Waals surface area contributed by atoms with Crippen LogP contribution >= 0.6 is 34.2 Å². The highest BCUT2D eigenvalue weighted by Gasteiger charge is 2.08. The van der Waals surface area contributed by atoms with Crippen LogP contribution in [0.2, 0.25) is 5.02 Å². The minimum absolute atomic E-state index is 0.238. The Bertz CT molecular complexity index is 472. The first-order chi connectivity index (χ1) is 6.66. The van der Waals surface area contributed by atoms with Gasteiger partial charge in [-0.1, -0.05) is 11.6 Å². The molecule has 0 aliphatic rings. The molecule has 0 atom stereocenters. The molecule has 2 heterocycles. The summed E-state index contributed by atoms with van der Waals surface area (Å²) < 4.78 is 15.0. The SMILES string of the molecule is Fc1ncc(Cl)c(-n2cc(I)cn2)n1. The van der Waals surface area contributed by atoms with Crippen molar-refractivity contribution in [2.75, 3.05) is 0 Å². The van der Waals surface area contributed by atoms with Gasteiger partial charge in [-0.25, -0.2) is 9.67 Å². The molecule has 2 aromatic rings. The van der Waals surface area contributed by atoms with Crippen LogP contribution in [0.25, 0.3) is 5.82 Å². The van der Waals surface area contributed by atoms with Crippen molar-refractivity contribution >= 4 is 34.2 Å². The van der Waals surface area contributed by atoms with Gasteiger partial charge in [0.15, 0.2) is 5.82 Å². The van der Waals surface area contributed by atoms with E-state index in [0.29, 0.717) is 0 Å². The number of nitrogens with zero attached hydrogens (tertiary/aromatic N) is 4. The maximum atomic E-state index is 12.7. The summed E-state index contributed by atoms with van der Waals surface area (Å²) in [6.07, 6.45) is 3.69. The Morgan fingerprint density at radius 1 is 1.43 bits per heavy atom. The lowest BCUT2D eigenvalue weighted by Crippen LogP contribution is -2.02. The largest absolute Gasteiger partial charge is 0.310 e. The number of hydrogen-bond donors (Lipinski definition) is 0. The van der Waals surface area contributed by atoms with Crippen LogP contribution in [-0.2, 0) is 0 Å². The summed E-state index contributed by atoms with van der Waals surface area (Å²) in [5, 5.41) is 4.21. The molecule has 0 aromatic carbocycles.